The number of hydrogen-bond donors (Lipinski definition) is 2. The molecule has 20 heavy (non-hydrogen) atoms. The zero-order valence-corrected chi connectivity index (χ0v) is 12.1. The minimum atomic E-state index is -3.46. The van der Waals surface area contributed by atoms with E-state index in [1.807, 2.05) is 11.5 Å². The summed E-state index contributed by atoms with van der Waals surface area (Å²) >= 11 is 0. The number of benzene rings is 1. The van der Waals surface area contributed by atoms with E-state index in [-0.39, 0.29) is 4.90 Å². The van der Waals surface area contributed by atoms with Crippen LogP contribution in [0.3, 0.4) is 0 Å². The Kier molecular flexibility index (Phi) is 4.75. The predicted molar refractivity (Wildman–Crippen MR) is 78.0 cm³/mol. The van der Waals surface area contributed by atoms with Crippen molar-refractivity contribution in [2.45, 2.75) is 18.4 Å². The van der Waals surface area contributed by atoms with Gasteiger partial charge in [0.2, 0.25) is 10.0 Å². The topological polar surface area (TPSA) is 76.0 Å². The van der Waals surface area contributed by atoms with Crippen LogP contribution in [0, 0.1) is 0 Å². The van der Waals surface area contributed by atoms with E-state index >= 15 is 0 Å². The Labute approximate surface area is 118 Å². The fourth-order valence-corrected chi connectivity index (χ4v) is 2.79. The highest BCUT2D eigenvalue weighted by atomic mass is 32.2. The maximum atomic E-state index is 12.1. The SMILES string of the molecule is CCNc1ccc(S(=O)(=O)NCCn2ccnc2)cc1. The zero-order valence-electron chi connectivity index (χ0n) is 11.3. The number of imidazole rings is 1. The Morgan fingerprint density at radius 2 is 2.00 bits per heavy atom. The first-order valence-corrected chi connectivity index (χ1v) is 7.89. The third kappa shape index (κ3) is 3.82. The van der Waals surface area contributed by atoms with Crippen molar-refractivity contribution in [3.8, 4) is 0 Å². The molecule has 0 saturated heterocycles. The average molecular weight is 294 g/mol. The zero-order chi connectivity index (χ0) is 14.4. The molecular weight excluding hydrogens is 276 g/mol. The predicted octanol–water partition coefficient (Wildman–Crippen LogP) is 1.29. The van der Waals surface area contributed by atoms with E-state index in [1.54, 1.807) is 43.0 Å². The number of sulfonamides is 1. The lowest BCUT2D eigenvalue weighted by Gasteiger charge is -2.08. The van der Waals surface area contributed by atoms with E-state index in [9.17, 15) is 8.42 Å². The van der Waals surface area contributed by atoms with Gasteiger partial charge in [-0.1, -0.05) is 0 Å². The van der Waals surface area contributed by atoms with Crippen LogP contribution in [-0.2, 0) is 16.6 Å². The number of nitrogens with zero attached hydrogens (tertiary/aromatic N) is 2. The summed E-state index contributed by atoms with van der Waals surface area (Å²) < 4.78 is 28.5. The summed E-state index contributed by atoms with van der Waals surface area (Å²) in [7, 11) is -3.46. The summed E-state index contributed by atoms with van der Waals surface area (Å²) in [5.74, 6) is 0. The van der Waals surface area contributed by atoms with Crippen LogP contribution in [0.4, 0.5) is 5.69 Å². The molecule has 0 fully saturated rings. The molecule has 1 aromatic heterocycles. The Morgan fingerprint density at radius 1 is 1.25 bits per heavy atom. The molecule has 2 rings (SSSR count). The first-order chi connectivity index (χ1) is 9.62. The standard InChI is InChI=1S/C13H18N4O2S/c1-2-15-12-3-5-13(6-4-12)20(18,19)16-8-10-17-9-7-14-11-17/h3-7,9,11,15-16H,2,8,10H2,1H3. The van der Waals surface area contributed by atoms with E-state index in [0.717, 1.165) is 12.2 Å². The summed E-state index contributed by atoms with van der Waals surface area (Å²) in [4.78, 5) is 4.17. The minimum Gasteiger partial charge on any atom is -0.385 e. The lowest BCUT2D eigenvalue weighted by Crippen LogP contribution is -2.27. The van der Waals surface area contributed by atoms with Crippen molar-refractivity contribution < 1.29 is 8.42 Å². The molecule has 0 bridgehead atoms. The molecule has 0 radical (unpaired) electrons. The van der Waals surface area contributed by atoms with Crippen molar-refractivity contribution in [1.82, 2.24) is 14.3 Å². The monoisotopic (exact) mass is 294 g/mol. The van der Waals surface area contributed by atoms with E-state index in [2.05, 4.69) is 15.0 Å². The van der Waals surface area contributed by atoms with Crippen LogP contribution >= 0.6 is 0 Å². The first-order valence-electron chi connectivity index (χ1n) is 6.41. The van der Waals surface area contributed by atoms with Gasteiger partial charge in [-0.25, -0.2) is 18.1 Å². The molecule has 0 aliphatic heterocycles. The van der Waals surface area contributed by atoms with Crippen molar-refractivity contribution in [3.63, 3.8) is 0 Å². The quantitative estimate of drug-likeness (QED) is 0.807. The van der Waals surface area contributed by atoms with E-state index in [4.69, 9.17) is 0 Å². The number of aromatic nitrogens is 2. The number of anilines is 1. The van der Waals surface area contributed by atoms with Gasteiger partial charge in [-0.05, 0) is 31.2 Å². The molecule has 0 aliphatic carbocycles. The molecule has 0 atom stereocenters. The molecule has 0 saturated carbocycles. The van der Waals surface area contributed by atoms with Crippen LogP contribution in [-0.4, -0.2) is 31.1 Å². The normalized spacial score (nSPS) is 11.4. The number of rotatable bonds is 7. The molecule has 0 unspecified atom stereocenters. The second-order valence-electron chi connectivity index (χ2n) is 4.25. The van der Waals surface area contributed by atoms with Crippen LogP contribution in [0.2, 0.25) is 0 Å². The van der Waals surface area contributed by atoms with Gasteiger partial charge in [0.25, 0.3) is 0 Å². The molecule has 7 heteroatoms. The maximum Gasteiger partial charge on any atom is 0.240 e. The molecule has 2 N–H and O–H groups in total. The minimum absolute atomic E-state index is 0.268. The highest BCUT2D eigenvalue weighted by Gasteiger charge is 2.12. The molecule has 6 nitrogen and oxygen atoms in total. The third-order valence-corrected chi connectivity index (χ3v) is 4.24. The van der Waals surface area contributed by atoms with Crippen molar-refractivity contribution in [3.05, 3.63) is 43.0 Å². The Bertz CT molecular complexity index is 621. The van der Waals surface area contributed by atoms with Crippen molar-refractivity contribution in [1.29, 1.82) is 0 Å². The van der Waals surface area contributed by atoms with Crippen molar-refractivity contribution in [2.75, 3.05) is 18.4 Å². The molecule has 1 heterocycles. The van der Waals surface area contributed by atoms with Gasteiger partial charge in [0, 0.05) is 37.7 Å². The van der Waals surface area contributed by atoms with Gasteiger partial charge in [0.1, 0.15) is 0 Å². The molecule has 0 aliphatic rings. The molecule has 0 amide bonds. The lowest BCUT2D eigenvalue weighted by molar-refractivity contribution is 0.573. The van der Waals surface area contributed by atoms with Crippen LogP contribution in [0.15, 0.2) is 47.9 Å². The average Bonchev–Trinajstić information content (AvgIpc) is 2.93. The highest BCUT2D eigenvalue weighted by molar-refractivity contribution is 7.89. The largest absolute Gasteiger partial charge is 0.385 e. The van der Waals surface area contributed by atoms with Gasteiger partial charge in [0.05, 0.1) is 11.2 Å². The summed E-state index contributed by atoms with van der Waals surface area (Å²) in [5, 5.41) is 3.12. The van der Waals surface area contributed by atoms with Crippen LogP contribution in [0.25, 0.3) is 0 Å². The first kappa shape index (κ1) is 14.5. The van der Waals surface area contributed by atoms with Gasteiger partial charge in [-0.3, -0.25) is 0 Å². The third-order valence-electron chi connectivity index (χ3n) is 2.77. The van der Waals surface area contributed by atoms with Gasteiger partial charge in [-0.15, -0.1) is 0 Å². The van der Waals surface area contributed by atoms with Crippen LogP contribution in [0.1, 0.15) is 6.92 Å². The summed E-state index contributed by atoms with van der Waals surface area (Å²) in [6.45, 7) is 3.67. The Balaban J connectivity index is 1.95. The molecule has 1 aromatic carbocycles. The van der Waals surface area contributed by atoms with Crippen LogP contribution < -0.4 is 10.0 Å². The van der Waals surface area contributed by atoms with Gasteiger partial charge >= 0.3 is 0 Å². The fraction of sp³-hybridized carbons (Fsp3) is 0.308. The second kappa shape index (κ2) is 6.53. The Morgan fingerprint density at radius 3 is 2.60 bits per heavy atom. The van der Waals surface area contributed by atoms with Crippen molar-refractivity contribution in [2.24, 2.45) is 0 Å². The second-order valence-corrected chi connectivity index (χ2v) is 6.02. The smallest absolute Gasteiger partial charge is 0.240 e. The summed E-state index contributed by atoms with van der Waals surface area (Å²) in [6, 6.07) is 6.71. The number of nitrogens with one attached hydrogen (secondary N) is 2. The molecule has 108 valence electrons. The van der Waals surface area contributed by atoms with Gasteiger partial charge in [-0.2, -0.15) is 0 Å². The maximum absolute atomic E-state index is 12.1. The molecule has 0 spiro atoms. The molecular formula is C13H18N4O2S. The molecule has 2 aromatic rings. The summed E-state index contributed by atoms with van der Waals surface area (Å²) in [5.41, 5.74) is 0.907. The van der Waals surface area contributed by atoms with E-state index in [1.165, 1.54) is 0 Å². The van der Waals surface area contributed by atoms with Crippen molar-refractivity contribution >= 4 is 15.7 Å². The van der Waals surface area contributed by atoms with Crippen LogP contribution in [0.5, 0.6) is 0 Å². The number of hydrogen-bond acceptors (Lipinski definition) is 4. The van der Waals surface area contributed by atoms with Gasteiger partial charge in [0.15, 0.2) is 0 Å². The Hall–Kier alpha value is -1.86. The van der Waals surface area contributed by atoms with E-state index < -0.39 is 10.0 Å². The van der Waals surface area contributed by atoms with Gasteiger partial charge < -0.3 is 9.88 Å². The van der Waals surface area contributed by atoms with E-state index in [0.29, 0.717) is 13.1 Å². The summed E-state index contributed by atoms with van der Waals surface area (Å²) in [6.07, 6.45) is 5.10. The highest BCUT2D eigenvalue weighted by Crippen LogP contribution is 2.13. The lowest BCUT2D eigenvalue weighted by atomic mass is 10.3. The fourth-order valence-electron chi connectivity index (χ4n) is 1.77.